The van der Waals surface area contributed by atoms with Gasteiger partial charge in [-0.25, -0.2) is 13.8 Å². The number of aromatic nitrogens is 2. The minimum absolute atomic E-state index is 0.530. The van der Waals surface area contributed by atoms with Crippen molar-refractivity contribution >= 4 is 33.4 Å². The maximum absolute atomic E-state index is 13.5. The van der Waals surface area contributed by atoms with Crippen molar-refractivity contribution in [2.24, 2.45) is 0 Å². The molecule has 0 aliphatic heterocycles. The van der Waals surface area contributed by atoms with Crippen molar-refractivity contribution in [3.8, 4) is 11.3 Å². The molecule has 0 bridgehead atoms. The fourth-order valence-corrected chi connectivity index (χ4v) is 2.83. The Balaban J connectivity index is 1.97. The van der Waals surface area contributed by atoms with Crippen LogP contribution in [0.1, 0.15) is 0 Å². The number of aromatic amines is 1. The predicted molar refractivity (Wildman–Crippen MR) is 84.0 cm³/mol. The molecule has 4 aromatic rings. The van der Waals surface area contributed by atoms with E-state index in [4.69, 9.17) is 11.6 Å². The highest BCUT2D eigenvalue weighted by Crippen LogP contribution is 2.31. The molecule has 22 heavy (non-hydrogen) atoms. The van der Waals surface area contributed by atoms with Gasteiger partial charge in [-0.3, -0.25) is 0 Å². The number of nitrogens with one attached hydrogen (secondary N) is 1. The van der Waals surface area contributed by atoms with E-state index >= 15 is 0 Å². The third-order valence-corrected chi connectivity index (χ3v) is 4.01. The number of hydrogen-bond acceptors (Lipinski definition) is 1. The van der Waals surface area contributed by atoms with E-state index in [1.54, 1.807) is 12.3 Å². The van der Waals surface area contributed by atoms with Gasteiger partial charge in [0.1, 0.15) is 0 Å². The van der Waals surface area contributed by atoms with Crippen LogP contribution in [0.4, 0.5) is 8.78 Å². The average Bonchev–Trinajstić information content (AvgIpc) is 2.90. The van der Waals surface area contributed by atoms with Gasteiger partial charge in [0.05, 0.1) is 11.2 Å². The summed E-state index contributed by atoms with van der Waals surface area (Å²) in [6.07, 6.45) is 1.70. The molecule has 5 heteroatoms. The first-order valence-corrected chi connectivity index (χ1v) is 7.03. The van der Waals surface area contributed by atoms with Gasteiger partial charge in [0.25, 0.3) is 0 Å². The summed E-state index contributed by atoms with van der Waals surface area (Å²) >= 11 is 6.13. The molecule has 2 nitrogen and oxygen atoms in total. The number of halogens is 3. The minimum atomic E-state index is -0.878. The summed E-state index contributed by atoms with van der Waals surface area (Å²) in [5.74, 6) is -1.75. The molecule has 0 aliphatic rings. The Morgan fingerprint density at radius 2 is 1.77 bits per heavy atom. The van der Waals surface area contributed by atoms with Crippen LogP contribution in [0.5, 0.6) is 0 Å². The molecule has 0 aliphatic carbocycles. The highest BCUT2D eigenvalue weighted by Gasteiger charge is 2.12. The van der Waals surface area contributed by atoms with Crippen molar-refractivity contribution in [1.29, 1.82) is 0 Å². The smallest absolute Gasteiger partial charge is 0.160 e. The summed E-state index contributed by atoms with van der Waals surface area (Å²) in [5, 5.41) is 2.07. The van der Waals surface area contributed by atoms with Gasteiger partial charge >= 0.3 is 0 Å². The van der Waals surface area contributed by atoms with Gasteiger partial charge in [0, 0.05) is 39.1 Å². The molecule has 0 spiro atoms. The molecule has 4 rings (SSSR count). The van der Waals surface area contributed by atoms with E-state index in [-0.39, 0.29) is 0 Å². The first-order chi connectivity index (χ1) is 10.6. The average molecular weight is 315 g/mol. The van der Waals surface area contributed by atoms with Crippen LogP contribution in [-0.2, 0) is 0 Å². The Bertz CT molecular complexity index is 1020. The maximum atomic E-state index is 13.5. The Kier molecular flexibility index (Phi) is 2.87. The molecule has 0 saturated heterocycles. The minimum Gasteiger partial charge on any atom is -0.360 e. The van der Waals surface area contributed by atoms with E-state index in [2.05, 4.69) is 9.97 Å². The van der Waals surface area contributed by atoms with Crippen LogP contribution in [0.3, 0.4) is 0 Å². The molecule has 0 unspecified atom stereocenters. The maximum Gasteiger partial charge on any atom is 0.160 e. The second kappa shape index (κ2) is 4.78. The zero-order valence-electron chi connectivity index (χ0n) is 11.2. The van der Waals surface area contributed by atoms with E-state index in [9.17, 15) is 8.78 Å². The molecule has 2 aromatic heterocycles. The van der Waals surface area contributed by atoms with Crippen LogP contribution in [0.2, 0.25) is 5.02 Å². The fraction of sp³-hybridized carbons (Fsp3) is 0. The molecule has 2 aromatic carbocycles. The molecule has 0 fully saturated rings. The van der Waals surface area contributed by atoms with Gasteiger partial charge in [0.2, 0.25) is 0 Å². The molecule has 1 N–H and O–H groups in total. The molecule has 0 amide bonds. The number of rotatable bonds is 1. The summed E-state index contributed by atoms with van der Waals surface area (Å²) in [6, 6.07) is 11.5. The zero-order chi connectivity index (χ0) is 15.3. The highest BCUT2D eigenvalue weighted by molar-refractivity contribution is 6.35. The van der Waals surface area contributed by atoms with Crippen LogP contribution < -0.4 is 0 Å². The molecule has 0 radical (unpaired) electrons. The van der Waals surface area contributed by atoms with E-state index < -0.39 is 11.6 Å². The van der Waals surface area contributed by atoms with Crippen LogP contribution in [0.25, 0.3) is 33.1 Å². The molecule has 0 atom stereocenters. The number of nitrogens with zero attached hydrogens (tertiary/aromatic N) is 1. The van der Waals surface area contributed by atoms with E-state index in [0.717, 1.165) is 22.5 Å². The molecule has 0 saturated carbocycles. The third-order valence-electron chi connectivity index (χ3n) is 3.68. The SMILES string of the molecule is Fc1cc2[nH]cc(-c3ccc4c(Cl)cccc4n3)c2cc1F. The molecular formula is C17H9ClF2N2. The van der Waals surface area contributed by atoms with Crippen molar-refractivity contribution < 1.29 is 8.78 Å². The van der Waals surface area contributed by atoms with Crippen LogP contribution >= 0.6 is 11.6 Å². The number of H-pyrrole nitrogens is 1. The lowest BCUT2D eigenvalue weighted by atomic mass is 10.1. The topological polar surface area (TPSA) is 28.7 Å². The normalized spacial score (nSPS) is 11.4. The van der Waals surface area contributed by atoms with Gasteiger partial charge in [0.15, 0.2) is 11.6 Å². The Hall–Kier alpha value is -2.46. The number of hydrogen-bond donors (Lipinski definition) is 1. The van der Waals surface area contributed by atoms with Crippen molar-refractivity contribution in [2.45, 2.75) is 0 Å². The lowest BCUT2D eigenvalue weighted by Crippen LogP contribution is -1.86. The third kappa shape index (κ3) is 1.96. The first kappa shape index (κ1) is 13.2. The summed E-state index contributed by atoms with van der Waals surface area (Å²) in [7, 11) is 0. The van der Waals surface area contributed by atoms with Gasteiger partial charge < -0.3 is 4.98 Å². The Labute approximate surface area is 129 Å². The van der Waals surface area contributed by atoms with Crippen LogP contribution in [0, 0.1) is 11.6 Å². The number of fused-ring (bicyclic) bond motifs is 2. The quantitative estimate of drug-likeness (QED) is 0.506. The summed E-state index contributed by atoms with van der Waals surface area (Å²) < 4.78 is 26.8. The second-order valence-electron chi connectivity index (χ2n) is 5.02. The van der Waals surface area contributed by atoms with Gasteiger partial charge in [-0.2, -0.15) is 0 Å². The van der Waals surface area contributed by atoms with Gasteiger partial charge in [-0.1, -0.05) is 17.7 Å². The number of pyridine rings is 1. The van der Waals surface area contributed by atoms with Crippen molar-refractivity contribution in [3.05, 3.63) is 65.3 Å². The zero-order valence-corrected chi connectivity index (χ0v) is 12.0. The fourth-order valence-electron chi connectivity index (χ4n) is 2.60. The molecule has 2 heterocycles. The van der Waals surface area contributed by atoms with Crippen LogP contribution in [-0.4, -0.2) is 9.97 Å². The first-order valence-electron chi connectivity index (χ1n) is 6.65. The van der Waals surface area contributed by atoms with Gasteiger partial charge in [-0.15, -0.1) is 0 Å². The second-order valence-corrected chi connectivity index (χ2v) is 5.42. The monoisotopic (exact) mass is 314 g/mol. The lowest BCUT2D eigenvalue weighted by molar-refractivity contribution is 0.511. The largest absolute Gasteiger partial charge is 0.360 e. The molecular weight excluding hydrogens is 306 g/mol. The highest BCUT2D eigenvalue weighted by atomic mass is 35.5. The Morgan fingerprint density at radius 1 is 0.955 bits per heavy atom. The summed E-state index contributed by atoms with van der Waals surface area (Å²) in [4.78, 5) is 7.50. The Morgan fingerprint density at radius 3 is 2.64 bits per heavy atom. The van der Waals surface area contributed by atoms with Crippen molar-refractivity contribution in [2.75, 3.05) is 0 Å². The van der Waals surface area contributed by atoms with Gasteiger partial charge in [-0.05, 0) is 30.3 Å². The molecule has 108 valence electrons. The lowest BCUT2D eigenvalue weighted by Gasteiger charge is -2.04. The predicted octanol–water partition coefficient (Wildman–Crippen LogP) is 5.31. The summed E-state index contributed by atoms with van der Waals surface area (Å²) in [6.45, 7) is 0. The van der Waals surface area contributed by atoms with Crippen LogP contribution in [0.15, 0.2) is 48.7 Å². The number of benzene rings is 2. The van der Waals surface area contributed by atoms with Crippen molar-refractivity contribution in [3.63, 3.8) is 0 Å². The van der Waals surface area contributed by atoms with E-state index in [1.165, 1.54) is 6.07 Å². The van der Waals surface area contributed by atoms with E-state index in [0.29, 0.717) is 21.6 Å². The summed E-state index contributed by atoms with van der Waals surface area (Å²) in [5.41, 5.74) is 2.67. The van der Waals surface area contributed by atoms with Crippen molar-refractivity contribution in [1.82, 2.24) is 9.97 Å². The van der Waals surface area contributed by atoms with E-state index in [1.807, 2.05) is 24.3 Å². The standard InChI is InChI=1S/C17H9ClF2N2/c18-12-2-1-3-15-9(12)4-5-16(22-15)11-8-21-17-7-14(20)13(19)6-10(11)17/h1-8,21H.